The number of carbonyl (C=O) groups excluding carboxylic acids is 2. The molecule has 0 spiro atoms. The lowest BCUT2D eigenvalue weighted by Gasteiger charge is -2.11. The summed E-state index contributed by atoms with van der Waals surface area (Å²) < 4.78 is 0.685. The second-order valence-corrected chi connectivity index (χ2v) is 5.32. The molecule has 1 heterocycles. The molecule has 2 rings (SSSR count). The van der Waals surface area contributed by atoms with E-state index < -0.39 is 5.91 Å². The molecule has 118 valence electrons. The molecule has 2 aromatic rings. The monoisotopic (exact) mass is 376 g/mol. The van der Waals surface area contributed by atoms with E-state index in [2.05, 4.69) is 26.0 Å². The quantitative estimate of drug-likeness (QED) is 0.485. The first kappa shape index (κ1) is 16.8. The predicted octanol–water partition coefficient (Wildman–Crippen LogP) is 2.07. The molecular weight excluding hydrogens is 364 g/mol. The SMILES string of the molecule is CN(N=Cc1ccc(C(=O)NO)cn1)C(=O)c1ccccc1Br. The molecule has 0 aliphatic heterocycles. The number of carbonyl (C=O) groups is 2. The number of halogens is 1. The average molecular weight is 377 g/mol. The number of amides is 2. The highest BCUT2D eigenvalue weighted by atomic mass is 79.9. The number of hydroxylamine groups is 1. The Hall–Kier alpha value is -2.58. The Balaban J connectivity index is 2.09. The summed E-state index contributed by atoms with van der Waals surface area (Å²) >= 11 is 3.32. The molecule has 0 aliphatic carbocycles. The van der Waals surface area contributed by atoms with Crippen molar-refractivity contribution in [3.8, 4) is 0 Å². The second-order valence-electron chi connectivity index (χ2n) is 4.47. The highest BCUT2D eigenvalue weighted by Crippen LogP contribution is 2.17. The minimum Gasteiger partial charge on any atom is -0.288 e. The van der Waals surface area contributed by atoms with Crippen LogP contribution in [0.5, 0.6) is 0 Å². The molecule has 1 aromatic heterocycles. The number of benzene rings is 1. The number of hydrogen-bond acceptors (Lipinski definition) is 5. The Morgan fingerprint density at radius 2 is 2.04 bits per heavy atom. The van der Waals surface area contributed by atoms with E-state index in [1.165, 1.54) is 36.0 Å². The van der Waals surface area contributed by atoms with Crippen molar-refractivity contribution in [3.05, 3.63) is 63.9 Å². The Bertz CT molecular complexity index is 747. The van der Waals surface area contributed by atoms with Gasteiger partial charge in [0.1, 0.15) is 0 Å². The van der Waals surface area contributed by atoms with Crippen molar-refractivity contribution in [2.75, 3.05) is 7.05 Å². The third-order valence-electron chi connectivity index (χ3n) is 2.91. The van der Waals surface area contributed by atoms with Gasteiger partial charge in [0.2, 0.25) is 0 Å². The summed E-state index contributed by atoms with van der Waals surface area (Å²) in [4.78, 5) is 27.4. The van der Waals surface area contributed by atoms with E-state index in [9.17, 15) is 9.59 Å². The molecule has 0 saturated carbocycles. The lowest BCUT2D eigenvalue weighted by molar-refractivity contribution is 0.0705. The minimum absolute atomic E-state index is 0.210. The van der Waals surface area contributed by atoms with Crippen LogP contribution in [0.25, 0.3) is 0 Å². The molecule has 0 fully saturated rings. The number of hydrazone groups is 1. The lowest BCUT2D eigenvalue weighted by Crippen LogP contribution is -2.22. The average Bonchev–Trinajstić information content (AvgIpc) is 2.59. The Morgan fingerprint density at radius 3 is 2.65 bits per heavy atom. The van der Waals surface area contributed by atoms with Crippen LogP contribution in [0.15, 0.2) is 52.2 Å². The van der Waals surface area contributed by atoms with E-state index in [-0.39, 0.29) is 11.5 Å². The van der Waals surface area contributed by atoms with Crippen LogP contribution in [-0.4, -0.2) is 40.3 Å². The fraction of sp³-hybridized carbons (Fsp3) is 0.0667. The van der Waals surface area contributed by atoms with Crippen LogP contribution in [0, 0.1) is 0 Å². The summed E-state index contributed by atoms with van der Waals surface area (Å²) in [5, 5.41) is 13.7. The van der Waals surface area contributed by atoms with Gasteiger partial charge in [-0.1, -0.05) is 12.1 Å². The van der Waals surface area contributed by atoms with Gasteiger partial charge in [-0.2, -0.15) is 5.10 Å². The van der Waals surface area contributed by atoms with Crippen molar-refractivity contribution in [1.29, 1.82) is 0 Å². The second kappa shape index (κ2) is 7.61. The minimum atomic E-state index is -0.651. The number of hydrogen-bond donors (Lipinski definition) is 2. The van der Waals surface area contributed by atoms with Crippen molar-refractivity contribution in [2.45, 2.75) is 0 Å². The van der Waals surface area contributed by atoms with Crippen LogP contribution in [0.2, 0.25) is 0 Å². The lowest BCUT2D eigenvalue weighted by atomic mass is 10.2. The predicted molar refractivity (Wildman–Crippen MR) is 87.3 cm³/mol. The van der Waals surface area contributed by atoms with Gasteiger partial charge in [0, 0.05) is 17.7 Å². The smallest absolute Gasteiger partial charge is 0.276 e. The van der Waals surface area contributed by atoms with Gasteiger partial charge in [0.25, 0.3) is 11.8 Å². The summed E-state index contributed by atoms with van der Waals surface area (Å²) in [6.07, 6.45) is 2.69. The molecule has 23 heavy (non-hydrogen) atoms. The van der Waals surface area contributed by atoms with Crippen molar-refractivity contribution in [1.82, 2.24) is 15.5 Å². The molecule has 7 nitrogen and oxygen atoms in total. The third-order valence-corrected chi connectivity index (χ3v) is 3.60. The molecule has 0 unspecified atom stereocenters. The van der Waals surface area contributed by atoms with E-state index >= 15 is 0 Å². The van der Waals surface area contributed by atoms with Gasteiger partial charge in [0.05, 0.1) is 23.0 Å². The fourth-order valence-electron chi connectivity index (χ4n) is 1.69. The summed E-state index contributed by atoms with van der Waals surface area (Å²) in [5.41, 5.74) is 2.69. The van der Waals surface area contributed by atoms with Gasteiger partial charge < -0.3 is 0 Å². The molecule has 0 aliphatic rings. The number of nitrogens with zero attached hydrogens (tertiary/aromatic N) is 3. The van der Waals surface area contributed by atoms with Gasteiger partial charge in [-0.25, -0.2) is 10.5 Å². The number of pyridine rings is 1. The van der Waals surface area contributed by atoms with Crippen LogP contribution >= 0.6 is 15.9 Å². The van der Waals surface area contributed by atoms with Crippen LogP contribution in [0.4, 0.5) is 0 Å². The van der Waals surface area contributed by atoms with Gasteiger partial charge in [-0.3, -0.25) is 19.8 Å². The molecule has 0 saturated heterocycles. The number of nitrogens with one attached hydrogen (secondary N) is 1. The van der Waals surface area contributed by atoms with Crippen molar-refractivity contribution in [2.24, 2.45) is 5.10 Å². The van der Waals surface area contributed by atoms with Crippen molar-refractivity contribution in [3.63, 3.8) is 0 Å². The van der Waals surface area contributed by atoms with Crippen LogP contribution in [-0.2, 0) is 0 Å². The Morgan fingerprint density at radius 1 is 1.30 bits per heavy atom. The van der Waals surface area contributed by atoms with E-state index in [0.717, 1.165) is 0 Å². The van der Waals surface area contributed by atoms with Gasteiger partial charge in [0.15, 0.2) is 0 Å². The van der Waals surface area contributed by atoms with Crippen molar-refractivity contribution >= 4 is 34.0 Å². The maximum absolute atomic E-state index is 12.3. The first-order valence-electron chi connectivity index (χ1n) is 6.50. The first-order valence-corrected chi connectivity index (χ1v) is 7.29. The Labute approximate surface area is 140 Å². The zero-order valence-electron chi connectivity index (χ0n) is 12.1. The van der Waals surface area contributed by atoms with E-state index in [1.54, 1.807) is 24.3 Å². The molecular formula is C15H13BrN4O3. The molecule has 8 heteroatoms. The maximum Gasteiger partial charge on any atom is 0.276 e. The molecule has 0 bridgehead atoms. The number of aromatic nitrogens is 1. The van der Waals surface area contributed by atoms with Gasteiger partial charge in [-0.15, -0.1) is 0 Å². The summed E-state index contributed by atoms with van der Waals surface area (Å²) in [7, 11) is 1.53. The maximum atomic E-state index is 12.3. The number of rotatable bonds is 4. The topological polar surface area (TPSA) is 94.9 Å². The van der Waals surface area contributed by atoms with Gasteiger partial charge >= 0.3 is 0 Å². The highest BCUT2D eigenvalue weighted by molar-refractivity contribution is 9.10. The third kappa shape index (κ3) is 4.21. The molecule has 2 N–H and O–H groups in total. The molecule has 1 aromatic carbocycles. The van der Waals surface area contributed by atoms with Crippen LogP contribution in [0.1, 0.15) is 26.4 Å². The zero-order chi connectivity index (χ0) is 16.8. The van der Waals surface area contributed by atoms with Gasteiger partial charge in [-0.05, 0) is 40.2 Å². The Kier molecular flexibility index (Phi) is 5.56. The molecule has 0 radical (unpaired) electrons. The van der Waals surface area contributed by atoms with E-state index in [1.807, 2.05) is 6.07 Å². The van der Waals surface area contributed by atoms with Crippen LogP contribution < -0.4 is 5.48 Å². The zero-order valence-corrected chi connectivity index (χ0v) is 13.7. The highest BCUT2D eigenvalue weighted by Gasteiger charge is 2.13. The fourth-order valence-corrected chi connectivity index (χ4v) is 2.14. The summed E-state index contributed by atoms with van der Waals surface area (Å²) in [6, 6.07) is 10.1. The van der Waals surface area contributed by atoms with Crippen LogP contribution in [0.3, 0.4) is 0 Å². The molecule has 2 amide bonds. The van der Waals surface area contributed by atoms with E-state index in [0.29, 0.717) is 15.7 Å². The standard InChI is InChI=1S/C15H13BrN4O3/c1-20(15(22)12-4-2-3-5-13(12)16)18-9-11-7-6-10(8-17-11)14(21)19-23/h2-9,23H,1H3,(H,19,21). The normalized spacial score (nSPS) is 10.6. The summed E-state index contributed by atoms with van der Waals surface area (Å²) in [6.45, 7) is 0. The largest absolute Gasteiger partial charge is 0.288 e. The summed E-state index contributed by atoms with van der Waals surface area (Å²) in [5.74, 6) is -0.924. The van der Waals surface area contributed by atoms with E-state index in [4.69, 9.17) is 5.21 Å². The molecule has 0 atom stereocenters. The van der Waals surface area contributed by atoms with Crippen molar-refractivity contribution < 1.29 is 14.8 Å². The first-order chi connectivity index (χ1) is 11.0.